The third-order valence-electron chi connectivity index (χ3n) is 4.38. The zero-order chi connectivity index (χ0) is 20.8. The molecule has 0 N–H and O–H groups in total. The van der Waals surface area contributed by atoms with Crippen LogP contribution in [0.25, 0.3) is 0 Å². The molecule has 0 aliphatic heterocycles. The third-order valence-corrected chi connectivity index (χ3v) is 5.18. The minimum atomic E-state index is -0.280. The summed E-state index contributed by atoms with van der Waals surface area (Å²) in [5.74, 6) is 0.954. The van der Waals surface area contributed by atoms with Crippen LogP contribution in [0.1, 0.15) is 29.2 Å². The van der Waals surface area contributed by atoms with Gasteiger partial charge < -0.3 is 9.47 Å². The molecule has 0 bridgehead atoms. The molecule has 3 aromatic carbocycles. The number of benzene rings is 3. The molecule has 0 unspecified atom stereocenters. The molecule has 0 amide bonds. The molecule has 0 aromatic heterocycles. The predicted octanol–water partition coefficient (Wildman–Crippen LogP) is 6.78. The van der Waals surface area contributed by atoms with Gasteiger partial charge in [0.2, 0.25) is 0 Å². The third kappa shape index (κ3) is 5.56. The van der Waals surface area contributed by atoms with Gasteiger partial charge in [-0.05, 0) is 84.3 Å². The number of aliphatic imine (C=N–C) groups is 1. The second-order valence-corrected chi connectivity index (χ2v) is 7.85. The summed E-state index contributed by atoms with van der Waals surface area (Å²) in [6, 6.07) is 16.7. The van der Waals surface area contributed by atoms with Crippen LogP contribution in [0.2, 0.25) is 0 Å². The number of aryl methyl sites for hydroxylation is 2. The monoisotopic (exact) mass is 503 g/mol. The van der Waals surface area contributed by atoms with E-state index in [1.165, 1.54) is 11.6 Å². The van der Waals surface area contributed by atoms with E-state index >= 15 is 0 Å². The Bertz CT molecular complexity index is 1030. The lowest BCUT2D eigenvalue weighted by molar-refractivity contribution is 0.264. The number of ether oxygens (including phenoxy) is 2. The highest BCUT2D eigenvalue weighted by atomic mass is 127. The molecule has 150 valence electrons. The average molecular weight is 503 g/mol. The molecule has 0 saturated heterocycles. The van der Waals surface area contributed by atoms with Crippen LogP contribution in [-0.4, -0.2) is 12.8 Å². The summed E-state index contributed by atoms with van der Waals surface area (Å²) < 4.78 is 26.5. The van der Waals surface area contributed by atoms with E-state index in [0.717, 1.165) is 20.4 Å². The van der Waals surface area contributed by atoms with Gasteiger partial charge in [-0.2, -0.15) is 0 Å². The van der Waals surface area contributed by atoms with Crippen LogP contribution in [0.4, 0.5) is 10.1 Å². The molecule has 29 heavy (non-hydrogen) atoms. The predicted molar refractivity (Wildman–Crippen MR) is 124 cm³/mol. The van der Waals surface area contributed by atoms with Gasteiger partial charge in [0.25, 0.3) is 0 Å². The van der Waals surface area contributed by atoms with Crippen LogP contribution < -0.4 is 9.47 Å². The molecule has 5 heteroatoms. The molecular formula is C24H23FINO2. The minimum absolute atomic E-state index is 0.138. The first-order valence-corrected chi connectivity index (χ1v) is 10.5. The molecule has 0 spiro atoms. The summed E-state index contributed by atoms with van der Waals surface area (Å²) in [4.78, 5) is 4.64. The van der Waals surface area contributed by atoms with E-state index in [-0.39, 0.29) is 12.4 Å². The number of rotatable bonds is 7. The van der Waals surface area contributed by atoms with E-state index in [0.29, 0.717) is 23.7 Å². The van der Waals surface area contributed by atoms with Crippen molar-refractivity contribution in [2.45, 2.75) is 27.4 Å². The van der Waals surface area contributed by atoms with Crippen LogP contribution in [0, 0.1) is 23.2 Å². The zero-order valence-corrected chi connectivity index (χ0v) is 18.9. The molecule has 3 aromatic rings. The fourth-order valence-electron chi connectivity index (χ4n) is 2.83. The van der Waals surface area contributed by atoms with Gasteiger partial charge in [-0.15, -0.1) is 0 Å². The van der Waals surface area contributed by atoms with E-state index in [9.17, 15) is 4.39 Å². The molecule has 3 rings (SSSR count). The maximum atomic E-state index is 13.9. The van der Waals surface area contributed by atoms with Gasteiger partial charge in [0.1, 0.15) is 12.4 Å². The second-order valence-electron chi connectivity index (χ2n) is 6.69. The van der Waals surface area contributed by atoms with E-state index in [1.54, 1.807) is 18.2 Å². The van der Waals surface area contributed by atoms with Gasteiger partial charge in [0.05, 0.1) is 15.9 Å². The van der Waals surface area contributed by atoms with Crippen LogP contribution >= 0.6 is 22.6 Å². The highest BCUT2D eigenvalue weighted by Crippen LogP contribution is 2.35. The van der Waals surface area contributed by atoms with Gasteiger partial charge in [-0.25, -0.2) is 4.39 Å². The Balaban J connectivity index is 1.86. The zero-order valence-electron chi connectivity index (χ0n) is 16.7. The Kier molecular flexibility index (Phi) is 7.25. The van der Waals surface area contributed by atoms with Gasteiger partial charge in [0.15, 0.2) is 11.5 Å². The first-order chi connectivity index (χ1) is 14.0. The Labute approximate surface area is 184 Å². The minimum Gasteiger partial charge on any atom is -0.490 e. The van der Waals surface area contributed by atoms with Gasteiger partial charge in [-0.3, -0.25) is 4.99 Å². The molecule has 0 heterocycles. The van der Waals surface area contributed by atoms with Crippen molar-refractivity contribution in [3.8, 4) is 11.5 Å². The number of hydrogen-bond donors (Lipinski definition) is 0. The van der Waals surface area contributed by atoms with Crippen molar-refractivity contribution in [3.05, 3.63) is 86.2 Å². The average Bonchev–Trinajstić information content (AvgIpc) is 2.69. The Hall–Kier alpha value is -2.41. The first kappa shape index (κ1) is 21.3. The van der Waals surface area contributed by atoms with Crippen LogP contribution in [0.15, 0.2) is 59.6 Å². The van der Waals surface area contributed by atoms with Crippen molar-refractivity contribution in [2.24, 2.45) is 4.99 Å². The molecular weight excluding hydrogens is 480 g/mol. The maximum Gasteiger partial charge on any atom is 0.175 e. The summed E-state index contributed by atoms with van der Waals surface area (Å²) >= 11 is 2.21. The van der Waals surface area contributed by atoms with Crippen LogP contribution in [0.5, 0.6) is 11.5 Å². The number of hydrogen-bond acceptors (Lipinski definition) is 3. The smallest absolute Gasteiger partial charge is 0.175 e. The highest BCUT2D eigenvalue weighted by molar-refractivity contribution is 14.1. The SMILES string of the molecule is CCOc1cc(C=Nc2cc(C)ccc2C)cc(I)c1OCc1ccccc1F. The van der Waals surface area contributed by atoms with Crippen molar-refractivity contribution in [2.75, 3.05) is 6.61 Å². The van der Waals surface area contributed by atoms with Crippen molar-refractivity contribution in [3.63, 3.8) is 0 Å². The second kappa shape index (κ2) is 9.87. The number of halogens is 2. The van der Waals surface area contributed by atoms with Crippen molar-refractivity contribution < 1.29 is 13.9 Å². The Morgan fingerprint density at radius 2 is 1.83 bits per heavy atom. The van der Waals surface area contributed by atoms with Gasteiger partial charge in [-0.1, -0.05) is 30.3 Å². The largest absolute Gasteiger partial charge is 0.490 e. The summed E-state index contributed by atoms with van der Waals surface area (Å²) in [6.07, 6.45) is 1.83. The molecule has 3 nitrogen and oxygen atoms in total. The molecule has 0 saturated carbocycles. The summed E-state index contributed by atoms with van der Waals surface area (Å²) in [5, 5.41) is 0. The molecule has 0 radical (unpaired) electrons. The van der Waals surface area contributed by atoms with E-state index in [2.05, 4.69) is 52.7 Å². The fraction of sp³-hybridized carbons (Fsp3) is 0.208. The molecule has 0 aliphatic rings. The Morgan fingerprint density at radius 1 is 1.03 bits per heavy atom. The fourth-order valence-corrected chi connectivity index (χ4v) is 3.61. The normalized spacial score (nSPS) is 11.1. The summed E-state index contributed by atoms with van der Waals surface area (Å²) in [6.45, 7) is 6.66. The standard InChI is InChI=1S/C24H23FINO2/c1-4-28-23-13-18(14-27-22-11-16(2)9-10-17(22)3)12-21(26)24(23)29-15-19-7-5-6-8-20(19)25/h5-14H,4,15H2,1-3H3. The van der Waals surface area contributed by atoms with E-state index in [1.807, 2.05) is 32.2 Å². The van der Waals surface area contributed by atoms with Crippen LogP contribution in [0.3, 0.4) is 0 Å². The number of nitrogens with zero attached hydrogens (tertiary/aromatic N) is 1. The van der Waals surface area contributed by atoms with Gasteiger partial charge >= 0.3 is 0 Å². The molecule has 0 atom stereocenters. The van der Waals surface area contributed by atoms with Crippen molar-refractivity contribution >= 4 is 34.5 Å². The lowest BCUT2D eigenvalue weighted by Gasteiger charge is -2.15. The topological polar surface area (TPSA) is 30.8 Å². The van der Waals surface area contributed by atoms with Crippen molar-refractivity contribution in [1.82, 2.24) is 0 Å². The lowest BCUT2D eigenvalue weighted by atomic mass is 10.1. The quantitative estimate of drug-likeness (QED) is 0.263. The maximum absolute atomic E-state index is 13.9. The van der Waals surface area contributed by atoms with Gasteiger partial charge in [0, 0.05) is 11.8 Å². The highest BCUT2D eigenvalue weighted by Gasteiger charge is 2.13. The van der Waals surface area contributed by atoms with Crippen LogP contribution in [-0.2, 0) is 6.61 Å². The first-order valence-electron chi connectivity index (χ1n) is 9.41. The van der Waals surface area contributed by atoms with E-state index < -0.39 is 0 Å². The molecule has 0 fully saturated rings. The van der Waals surface area contributed by atoms with E-state index in [4.69, 9.17) is 9.47 Å². The lowest BCUT2D eigenvalue weighted by Crippen LogP contribution is -2.03. The molecule has 0 aliphatic carbocycles. The van der Waals surface area contributed by atoms with Crippen molar-refractivity contribution in [1.29, 1.82) is 0 Å². The summed E-state index contributed by atoms with van der Waals surface area (Å²) in [7, 11) is 0. The Morgan fingerprint density at radius 3 is 2.59 bits per heavy atom. The summed E-state index contributed by atoms with van der Waals surface area (Å²) in [5.41, 5.74) is 4.65.